The van der Waals surface area contributed by atoms with E-state index in [9.17, 15) is 9.59 Å². The number of rotatable bonds is 2. The summed E-state index contributed by atoms with van der Waals surface area (Å²) in [5.41, 5.74) is 0. The summed E-state index contributed by atoms with van der Waals surface area (Å²) in [6.45, 7) is 0.185. The van der Waals surface area contributed by atoms with Gasteiger partial charge in [-0.3, -0.25) is 9.59 Å². The van der Waals surface area contributed by atoms with Crippen LogP contribution in [-0.4, -0.2) is 53.7 Å². The maximum Gasteiger partial charge on any atom is 0.242 e. The standard InChI is InChI=1S/C8H10ClN3O2/c1-11-4-8(14)12(5-7(11)13)3-6(9)2-10/h6H,3-5H2,1H3. The first-order chi connectivity index (χ1) is 6.54. The van der Waals surface area contributed by atoms with Crippen LogP contribution in [0.5, 0.6) is 0 Å². The van der Waals surface area contributed by atoms with E-state index in [4.69, 9.17) is 16.9 Å². The smallest absolute Gasteiger partial charge is 0.242 e. The Balaban J connectivity index is 2.59. The maximum atomic E-state index is 11.4. The summed E-state index contributed by atoms with van der Waals surface area (Å²) < 4.78 is 0. The van der Waals surface area contributed by atoms with Gasteiger partial charge in [-0.2, -0.15) is 5.26 Å². The van der Waals surface area contributed by atoms with Gasteiger partial charge in [-0.25, -0.2) is 0 Å². The topological polar surface area (TPSA) is 64.4 Å². The normalized spacial score (nSPS) is 19.5. The Morgan fingerprint density at radius 2 is 2.14 bits per heavy atom. The number of carbonyl (C=O) groups excluding carboxylic acids is 2. The lowest BCUT2D eigenvalue weighted by molar-refractivity contribution is -0.148. The zero-order valence-corrected chi connectivity index (χ0v) is 8.49. The summed E-state index contributed by atoms with van der Waals surface area (Å²) in [6.07, 6.45) is 0. The fourth-order valence-electron chi connectivity index (χ4n) is 1.16. The number of hydrogen-bond acceptors (Lipinski definition) is 3. The number of nitrogens with zero attached hydrogens (tertiary/aromatic N) is 3. The molecule has 6 heteroatoms. The third-order valence-corrected chi connectivity index (χ3v) is 2.23. The highest BCUT2D eigenvalue weighted by Gasteiger charge is 2.28. The molecule has 1 rings (SSSR count). The highest BCUT2D eigenvalue weighted by molar-refractivity contribution is 6.22. The van der Waals surface area contributed by atoms with Crippen LogP contribution >= 0.6 is 11.6 Å². The van der Waals surface area contributed by atoms with E-state index < -0.39 is 5.38 Å². The van der Waals surface area contributed by atoms with Crippen LogP contribution in [0.25, 0.3) is 0 Å². The Morgan fingerprint density at radius 3 is 2.71 bits per heavy atom. The summed E-state index contributed by atoms with van der Waals surface area (Å²) in [5, 5.41) is 7.70. The van der Waals surface area contributed by atoms with Gasteiger partial charge >= 0.3 is 0 Å². The van der Waals surface area contributed by atoms with Gasteiger partial charge in [-0.05, 0) is 0 Å². The molecule has 0 aromatic carbocycles. The average molecular weight is 216 g/mol. The minimum absolute atomic E-state index is 0.0141. The van der Waals surface area contributed by atoms with Crippen LogP contribution in [0.15, 0.2) is 0 Å². The first-order valence-electron chi connectivity index (χ1n) is 4.10. The molecule has 0 aromatic heterocycles. The molecular formula is C8H10ClN3O2. The first-order valence-corrected chi connectivity index (χ1v) is 4.53. The van der Waals surface area contributed by atoms with Gasteiger partial charge in [0.1, 0.15) is 5.38 Å². The number of alkyl halides is 1. The number of halogens is 1. The van der Waals surface area contributed by atoms with Crippen molar-refractivity contribution in [3.8, 4) is 6.07 Å². The van der Waals surface area contributed by atoms with Gasteiger partial charge in [0.2, 0.25) is 11.8 Å². The molecule has 76 valence electrons. The quantitative estimate of drug-likeness (QED) is 0.579. The van der Waals surface area contributed by atoms with Crippen molar-refractivity contribution >= 4 is 23.4 Å². The van der Waals surface area contributed by atoms with E-state index in [-0.39, 0.29) is 31.4 Å². The number of hydrogen-bond donors (Lipinski definition) is 0. The minimum atomic E-state index is -0.754. The van der Waals surface area contributed by atoms with E-state index in [1.807, 2.05) is 0 Å². The largest absolute Gasteiger partial charge is 0.335 e. The summed E-state index contributed by atoms with van der Waals surface area (Å²) in [7, 11) is 1.57. The van der Waals surface area contributed by atoms with E-state index >= 15 is 0 Å². The molecule has 1 heterocycles. The number of carbonyl (C=O) groups is 2. The average Bonchev–Trinajstić information content (AvgIpc) is 2.14. The lowest BCUT2D eigenvalue weighted by Crippen LogP contribution is -2.53. The molecule has 1 aliphatic heterocycles. The van der Waals surface area contributed by atoms with Crippen LogP contribution in [0.1, 0.15) is 0 Å². The molecule has 1 aliphatic rings. The van der Waals surface area contributed by atoms with Gasteiger partial charge in [-0.15, -0.1) is 11.6 Å². The molecule has 0 spiro atoms. The second-order valence-electron chi connectivity index (χ2n) is 3.12. The van der Waals surface area contributed by atoms with Crippen molar-refractivity contribution in [2.45, 2.75) is 5.38 Å². The molecule has 5 nitrogen and oxygen atoms in total. The monoisotopic (exact) mass is 215 g/mol. The molecule has 14 heavy (non-hydrogen) atoms. The number of piperazine rings is 1. The van der Waals surface area contributed by atoms with Gasteiger partial charge in [0.25, 0.3) is 0 Å². The summed E-state index contributed by atoms with van der Waals surface area (Å²) in [5.74, 6) is -0.306. The van der Waals surface area contributed by atoms with Crippen molar-refractivity contribution in [2.24, 2.45) is 0 Å². The molecule has 0 bridgehead atoms. The Bertz CT molecular complexity index is 299. The van der Waals surface area contributed by atoms with E-state index in [0.29, 0.717) is 0 Å². The van der Waals surface area contributed by atoms with Gasteiger partial charge in [-0.1, -0.05) is 0 Å². The number of amides is 2. The molecule has 0 aromatic rings. The molecule has 2 amide bonds. The summed E-state index contributed by atoms with van der Waals surface area (Å²) in [6, 6.07) is 1.81. The second-order valence-corrected chi connectivity index (χ2v) is 3.65. The van der Waals surface area contributed by atoms with Gasteiger partial charge in [0.15, 0.2) is 0 Å². The van der Waals surface area contributed by atoms with Crippen LogP contribution in [0.4, 0.5) is 0 Å². The van der Waals surface area contributed by atoms with Gasteiger partial charge in [0.05, 0.1) is 25.7 Å². The molecular weight excluding hydrogens is 206 g/mol. The van der Waals surface area contributed by atoms with Crippen molar-refractivity contribution in [3.05, 3.63) is 0 Å². The third-order valence-electron chi connectivity index (χ3n) is 2.00. The molecule has 0 N–H and O–H groups in total. The predicted molar refractivity (Wildman–Crippen MR) is 49.5 cm³/mol. The van der Waals surface area contributed by atoms with Crippen LogP contribution in [0.3, 0.4) is 0 Å². The lowest BCUT2D eigenvalue weighted by Gasteiger charge is -2.31. The molecule has 0 radical (unpaired) electrons. The Kier molecular flexibility index (Phi) is 3.31. The van der Waals surface area contributed by atoms with Crippen molar-refractivity contribution in [1.29, 1.82) is 5.26 Å². The van der Waals surface area contributed by atoms with Crippen LogP contribution in [0, 0.1) is 11.3 Å². The Labute approximate surface area is 86.8 Å². The van der Waals surface area contributed by atoms with Crippen molar-refractivity contribution < 1.29 is 9.59 Å². The second kappa shape index (κ2) is 4.29. The van der Waals surface area contributed by atoms with E-state index in [1.54, 1.807) is 13.1 Å². The van der Waals surface area contributed by atoms with Crippen LogP contribution < -0.4 is 0 Å². The van der Waals surface area contributed by atoms with E-state index in [2.05, 4.69) is 0 Å². The van der Waals surface area contributed by atoms with Crippen molar-refractivity contribution in [3.63, 3.8) is 0 Å². The van der Waals surface area contributed by atoms with Gasteiger partial charge < -0.3 is 9.80 Å². The highest BCUT2D eigenvalue weighted by atomic mass is 35.5. The van der Waals surface area contributed by atoms with Crippen molar-refractivity contribution in [2.75, 3.05) is 26.7 Å². The Hall–Kier alpha value is -1.28. The SMILES string of the molecule is CN1CC(=O)N(CC(Cl)C#N)CC1=O. The fraction of sp³-hybridized carbons (Fsp3) is 0.625. The number of nitriles is 1. The maximum absolute atomic E-state index is 11.4. The fourth-order valence-corrected chi connectivity index (χ4v) is 1.33. The third kappa shape index (κ3) is 2.36. The number of likely N-dealkylation sites (N-methyl/N-ethyl adjacent to an activating group) is 1. The highest BCUT2D eigenvalue weighted by Crippen LogP contribution is 2.05. The first kappa shape index (κ1) is 10.8. The van der Waals surface area contributed by atoms with Crippen LogP contribution in [-0.2, 0) is 9.59 Å². The molecule has 1 atom stereocenters. The van der Waals surface area contributed by atoms with Crippen LogP contribution in [0.2, 0.25) is 0 Å². The summed E-state index contributed by atoms with van der Waals surface area (Å²) in [4.78, 5) is 25.3. The van der Waals surface area contributed by atoms with E-state index in [1.165, 1.54) is 9.80 Å². The molecule has 1 unspecified atom stereocenters. The lowest BCUT2D eigenvalue weighted by atomic mass is 10.3. The molecule has 0 saturated carbocycles. The van der Waals surface area contributed by atoms with E-state index in [0.717, 1.165) is 0 Å². The summed E-state index contributed by atoms with van der Waals surface area (Å²) >= 11 is 5.57. The van der Waals surface area contributed by atoms with Crippen molar-refractivity contribution in [1.82, 2.24) is 9.80 Å². The molecule has 1 fully saturated rings. The minimum Gasteiger partial charge on any atom is -0.335 e. The Morgan fingerprint density at radius 1 is 1.50 bits per heavy atom. The van der Waals surface area contributed by atoms with Gasteiger partial charge in [0, 0.05) is 7.05 Å². The molecule has 0 aliphatic carbocycles. The zero-order valence-electron chi connectivity index (χ0n) is 7.73. The molecule has 1 saturated heterocycles. The predicted octanol–water partition coefficient (Wildman–Crippen LogP) is -0.582. The zero-order chi connectivity index (χ0) is 10.7.